The molecule has 0 atom stereocenters. The van der Waals surface area contributed by atoms with Crippen molar-refractivity contribution in [3.8, 4) is 0 Å². The zero-order chi connectivity index (χ0) is 12.9. The maximum Gasteiger partial charge on any atom is 1.00 e. The van der Waals surface area contributed by atoms with Gasteiger partial charge in [-0.3, -0.25) is 0 Å². The maximum absolute atomic E-state index is 5.07. The molecule has 1 nitrogen and oxygen atoms in total. The summed E-state index contributed by atoms with van der Waals surface area (Å²) in [7, 11) is 0. The molecule has 0 heterocycles. The van der Waals surface area contributed by atoms with Crippen LogP contribution in [0.25, 0.3) is 0 Å². The zero-order valence-electron chi connectivity index (χ0n) is 12.4. The first kappa shape index (κ1) is 22.0. The normalized spacial score (nSPS) is 10.2. The first-order valence-corrected chi connectivity index (χ1v) is 7.78. The number of hydrogen-bond donors (Lipinski definition) is 0. The fourth-order valence-electron chi connectivity index (χ4n) is 1.87. The third-order valence-corrected chi connectivity index (χ3v) is 3.13. The molecule has 0 bridgehead atoms. The van der Waals surface area contributed by atoms with E-state index in [0.717, 1.165) is 12.3 Å². The molecule has 0 aliphatic rings. The predicted molar refractivity (Wildman–Crippen MR) is 82.3 cm³/mol. The summed E-state index contributed by atoms with van der Waals surface area (Å²) in [5.41, 5.74) is 0. The molecular formula is C14H27KOS2. The maximum atomic E-state index is 5.07. The SMILES string of the molecule is CC(C)CCCCCCCCCCOC(=S)[S-].[K+]. The van der Waals surface area contributed by atoms with Crippen molar-refractivity contribution in [2.24, 2.45) is 5.92 Å². The molecule has 0 N–H and O–H groups in total. The van der Waals surface area contributed by atoms with Gasteiger partial charge in [-0.05, 0) is 12.3 Å². The minimum Gasteiger partial charge on any atom is -0.514 e. The van der Waals surface area contributed by atoms with Crippen LogP contribution in [0.5, 0.6) is 0 Å². The van der Waals surface area contributed by atoms with Crippen LogP contribution in [0.3, 0.4) is 0 Å². The Kier molecular flexibility index (Phi) is 20.6. The second-order valence-corrected chi connectivity index (χ2v) is 6.11. The van der Waals surface area contributed by atoms with Gasteiger partial charge >= 0.3 is 51.4 Å². The van der Waals surface area contributed by atoms with Gasteiger partial charge in [0.1, 0.15) is 0 Å². The number of ether oxygens (including phenoxy) is 1. The van der Waals surface area contributed by atoms with E-state index in [1.807, 2.05) is 0 Å². The summed E-state index contributed by atoms with van der Waals surface area (Å²) >= 11 is 9.33. The van der Waals surface area contributed by atoms with E-state index >= 15 is 0 Å². The van der Waals surface area contributed by atoms with E-state index in [0.29, 0.717) is 6.61 Å². The van der Waals surface area contributed by atoms with Crippen LogP contribution in [-0.4, -0.2) is 11.0 Å². The molecule has 0 aromatic rings. The van der Waals surface area contributed by atoms with Gasteiger partial charge in [0, 0.05) is 4.38 Å². The summed E-state index contributed by atoms with van der Waals surface area (Å²) < 4.78 is 5.33. The van der Waals surface area contributed by atoms with Gasteiger partial charge in [-0.2, -0.15) is 0 Å². The molecule has 0 amide bonds. The Bertz CT molecular complexity index is 187. The largest absolute Gasteiger partial charge is 1.00 e. The van der Waals surface area contributed by atoms with E-state index in [9.17, 15) is 0 Å². The van der Waals surface area contributed by atoms with Crippen LogP contribution < -0.4 is 51.4 Å². The topological polar surface area (TPSA) is 9.23 Å². The number of thiocarbonyl (C=S) groups is 1. The van der Waals surface area contributed by atoms with E-state index in [-0.39, 0.29) is 55.8 Å². The van der Waals surface area contributed by atoms with E-state index < -0.39 is 0 Å². The molecule has 0 radical (unpaired) electrons. The third kappa shape index (κ3) is 20.1. The molecule has 0 saturated carbocycles. The van der Waals surface area contributed by atoms with Gasteiger partial charge in [0.05, 0.1) is 6.61 Å². The van der Waals surface area contributed by atoms with Crippen LogP contribution in [0.4, 0.5) is 0 Å². The van der Waals surface area contributed by atoms with Crippen molar-refractivity contribution in [1.29, 1.82) is 0 Å². The Morgan fingerprint density at radius 3 is 1.83 bits per heavy atom. The average Bonchev–Trinajstić information content (AvgIpc) is 2.25. The van der Waals surface area contributed by atoms with Gasteiger partial charge in [-0.25, -0.2) is 0 Å². The molecular weight excluding hydrogens is 287 g/mol. The smallest absolute Gasteiger partial charge is 0.514 e. The predicted octanol–water partition coefficient (Wildman–Crippen LogP) is 2.01. The average molecular weight is 315 g/mol. The molecule has 0 aromatic heterocycles. The Balaban J connectivity index is 0. The minimum absolute atomic E-state index is 0. The Hall–Kier alpha value is 1.75. The molecule has 0 unspecified atom stereocenters. The van der Waals surface area contributed by atoms with E-state index in [1.165, 1.54) is 51.4 Å². The fourth-order valence-corrected chi connectivity index (χ4v) is 2.04. The summed E-state index contributed by atoms with van der Waals surface area (Å²) in [5, 5.41) is 0. The van der Waals surface area contributed by atoms with Crippen molar-refractivity contribution in [1.82, 2.24) is 0 Å². The first-order chi connectivity index (χ1) is 8.13. The standard InChI is InChI=1S/C14H28OS2.K/c1-13(2)11-9-7-5-3-4-6-8-10-12-15-14(16)17;/h13H,3-12H2,1-2H3,(H,16,17);/q;+1/p-1. The van der Waals surface area contributed by atoms with Gasteiger partial charge in [-0.15, -0.1) is 0 Å². The van der Waals surface area contributed by atoms with Crippen molar-refractivity contribution in [2.45, 2.75) is 71.6 Å². The van der Waals surface area contributed by atoms with Gasteiger partial charge in [0.15, 0.2) is 0 Å². The summed E-state index contributed by atoms with van der Waals surface area (Å²) in [6.45, 7) is 5.31. The molecule has 0 spiro atoms. The van der Waals surface area contributed by atoms with Crippen molar-refractivity contribution in [2.75, 3.05) is 6.61 Å². The molecule has 0 aliphatic heterocycles. The molecule has 4 heteroatoms. The molecule has 0 aromatic carbocycles. The minimum atomic E-state index is 0. The van der Waals surface area contributed by atoms with Crippen LogP contribution in [-0.2, 0) is 17.4 Å². The van der Waals surface area contributed by atoms with Crippen LogP contribution in [0.15, 0.2) is 0 Å². The number of rotatable bonds is 11. The number of unbranched alkanes of at least 4 members (excludes halogenated alkanes) is 7. The van der Waals surface area contributed by atoms with Crippen molar-refractivity contribution >= 4 is 29.2 Å². The van der Waals surface area contributed by atoms with Crippen LogP contribution >= 0.6 is 12.2 Å². The van der Waals surface area contributed by atoms with Crippen LogP contribution in [0.2, 0.25) is 0 Å². The molecule has 102 valence electrons. The van der Waals surface area contributed by atoms with Gasteiger partial charge in [0.2, 0.25) is 0 Å². The van der Waals surface area contributed by atoms with E-state index in [2.05, 4.69) is 38.7 Å². The second kappa shape index (κ2) is 16.8. The second-order valence-electron chi connectivity index (χ2n) is 5.11. The summed E-state index contributed by atoms with van der Waals surface area (Å²) in [5.74, 6) is 0.866. The summed E-state index contributed by atoms with van der Waals surface area (Å²) in [4.78, 5) is 0. The fraction of sp³-hybridized carbons (Fsp3) is 0.929. The molecule has 0 saturated heterocycles. The van der Waals surface area contributed by atoms with Crippen LogP contribution in [0.1, 0.15) is 71.6 Å². The molecule has 0 fully saturated rings. The van der Waals surface area contributed by atoms with E-state index in [1.54, 1.807) is 0 Å². The first-order valence-electron chi connectivity index (χ1n) is 6.96. The monoisotopic (exact) mass is 314 g/mol. The van der Waals surface area contributed by atoms with Crippen molar-refractivity contribution in [3.05, 3.63) is 0 Å². The zero-order valence-corrected chi connectivity index (χ0v) is 17.1. The Morgan fingerprint density at radius 1 is 0.944 bits per heavy atom. The van der Waals surface area contributed by atoms with E-state index in [4.69, 9.17) is 4.74 Å². The van der Waals surface area contributed by atoms with Gasteiger partial charge in [-0.1, -0.05) is 65.2 Å². The summed E-state index contributed by atoms with van der Waals surface area (Å²) in [6.07, 6.45) is 12.0. The molecule has 0 rings (SSSR count). The third-order valence-electron chi connectivity index (χ3n) is 2.90. The van der Waals surface area contributed by atoms with Gasteiger partial charge in [0.25, 0.3) is 0 Å². The molecule has 18 heavy (non-hydrogen) atoms. The Labute approximate surface area is 167 Å². The Morgan fingerprint density at radius 2 is 1.39 bits per heavy atom. The van der Waals surface area contributed by atoms with Gasteiger partial charge < -0.3 is 29.6 Å². The quantitative estimate of drug-likeness (QED) is 0.250. The van der Waals surface area contributed by atoms with Crippen LogP contribution in [0, 0.1) is 5.92 Å². The van der Waals surface area contributed by atoms with Crippen molar-refractivity contribution < 1.29 is 56.1 Å². The number of hydrogen-bond acceptors (Lipinski definition) is 3. The molecule has 0 aliphatic carbocycles. The summed E-state index contributed by atoms with van der Waals surface area (Å²) in [6, 6.07) is 0. The van der Waals surface area contributed by atoms with Crippen molar-refractivity contribution in [3.63, 3.8) is 0 Å².